The molecule has 1 N–H and O–H groups in total. The van der Waals surface area contributed by atoms with E-state index in [1.165, 1.54) is 0 Å². The van der Waals surface area contributed by atoms with Gasteiger partial charge in [-0.1, -0.05) is 72.8 Å². The molecule has 3 aromatic carbocycles. The van der Waals surface area contributed by atoms with Crippen LogP contribution < -0.4 is 5.43 Å². The van der Waals surface area contributed by atoms with Gasteiger partial charge in [-0.2, -0.15) is 0 Å². The van der Waals surface area contributed by atoms with E-state index in [0.29, 0.717) is 16.9 Å². The fourth-order valence-electron chi connectivity index (χ4n) is 3.70. The Kier molecular flexibility index (Phi) is 3.65. The number of hydrogen-bond acceptors (Lipinski definition) is 2. The Balaban J connectivity index is 1.80. The van der Waals surface area contributed by atoms with E-state index in [4.69, 9.17) is 4.42 Å². The van der Waals surface area contributed by atoms with Gasteiger partial charge in [0.2, 0.25) is 5.43 Å². The number of fused-ring (bicyclic) bond motifs is 3. The van der Waals surface area contributed by atoms with Crippen LogP contribution in [0.5, 0.6) is 0 Å². The van der Waals surface area contributed by atoms with Gasteiger partial charge in [0.1, 0.15) is 11.3 Å². The van der Waals surface area contributed by atoms with Gasteiger partial charge >= 0.3 is 0 Å². The quantitative estimate of drug-likeness (QED) is 0.469. The zero-order valence-electron chi connectivity index (χ0n) is 14.6. The van der Waals surface area contributed by atoms with Gasteiger partial charge in [-0.3, -0.25) is 4.79 Å². The van der Waals surface area contributed by atoms with Crippen molar-refractivity contribution in [3.8, 4) is 0 Å². The van der Waals surface area contributed by atoms with Gasteiger partial charge in [0.05, 0.1) is 5.92 Å². The molecule has 130 valence electrons. The molecule has 0 aliphatic rings. The van der Waals surface area contributed by atoms with Crippen molar-refractivity contribution in [3.63, 3.8) is 0 Å². The first-order valence-corrected chi connectivity index (χ1v) is 8.95. The maximum Gasteiger partial charge on any atom is 0.209 e. The van der Waals surface area contributed by atoms with Crippen LogP contribution in [0.3, 0.4) is 0 Å². The molecule has 2 heterocycles. The molecule has 3 nitrogen and oxygen atoms in total. The van der Waals surface area contributed by atoms with Gasteiger partial charge in [0, 0.05) is 17.0 Å². The first-order chi connectivity index (χ1) is 13.3. The van der Waals surface area contributed by atoms with Crippen LogP contribution in [0.2, 0.25) is 0 Å². The molecular weight excluding hydrogens is 334 g/mol. The summed E-state index contributed by atoms with van der Waals surface area (Å²) >= 11 is 0. The highest BCUT2D eigenvalue weighted by Gasteiger charge is 2.21. The lowest BCUT2D eigenvalue weighted by atomic mass is 9.89. The molecule has 0 saturated carbocycles. The second-order valence-corrected chi connectivity index (χ2v) is 6.64. The number of aromatic amines is 1. The zero-order chi connectivity index (χ0) is 18.2. The van der Waals surface area contributed by atoms with E-state index in [1.807, 2.05) is 60.7 Å². The van der Waals surface area contributed by atoms with Gasteiger partial charge in [-0.05, 0) is 23.3 Å². The van der Waals surface area contributed by atoms with Gasteiger partial charge in [-0.25, -0.2) is 0 Å². The Morgan fingerprint density at radius 2 is 1.33 bits per heavy atom. The largest absolute Gasteiger partial charge is 0.458 e. The molecule has 0 spiro atoms. The van der Waals surface area contributed by atoms with E-state index in [2.05, 4.69) is 29.2 Å². The van der Waals surface area contributed by atoms with Crippen molar-refractivity contribution in [2.24, 2.45) is 0 Å². The van der Waals surface area contributed by atoms with E-state index in [9.17, 15) is 4.79 Å². The predicted octanol–water partition coefficient (Wildman–Crippen LogP) is 5.45. The molecule has 0 atom stereocenters. The third-order valence-corrected chi connectivity index (χ3v) is 4.95. The molecule has 0 aliphatic carbocycles. The van der Waals surface area contributed by atoms with E-state index in [1.54, 1.807) is 6.07 Å². The van der Waals surface area contributed by atoms with Crippen molar-refractivity contribution in [2.75, 3.05) is 0 Å². The van der Waals surface area contributed by atoms with Gasteiger partial charge < -0.3 is 9.40 Å². The number of para-hydroxylation sites is 1. The summed E-state index contributed by atoms with van der Waals surface area (Å²) in [6, 6.07) is 29.7. The van der Waals surface area contributed by atoms with E-state index >= 15 is 0 Å². The van der Waals surface area contributed by atoms with Crippen molar-refractivity contribution in [3.05, 3.63) is 118 Å². The molecule has 27 heavy (non-hydrogen) atoms. The smallest absolute Gasteiger partial charge is 0.209 e. The molecule has 0 bridgehead atoms. The standard InChI is InChI=1S/C24H17NO2/c26-20-15-21(27-24-18-13-7-8-14-19(18)25-23(20)24)22(16-9-3-1-4-10-16)17-11-5-2-6-12-17/h1-15,22,25H. The van der Waals surface area contributed by atoms with Gasteiger partial charge in [-0.15, -0.1) is 0 Å². The van der Waals surface area contributed by atoms with Crippen LogP contribution >= 0.6 is 0 Å². The lowest BCUT2D eigenvalue weighted by Crippen LogP contribution is -2.08. The summed E-state index contributed by atoms with van der Waals surface area (Å²) in [5.74, 6) is 0.507. The number of rotatable bonds is 3. The highest BCUT2D eigenvalue weighted by molar-refractivity contribution is 6.03. The first-order valence-electron chi connectivity index (χ1n) is 8.95. The summed E-state index contributed by atoms with van der Waals surface area (Å²) in [7, 11) is 0. The van der Waals surface area contributed by atoms with Crippen LogP contribution in [0.4, 0.5) is 0 Å². The summed E-state index contributed by atoms with van der Waals surface area (Å²) in [4.78, 5) is 16.0. The average molecular weight is 351 g/mol. The van der Waals surface area contributed by atoms with Crippen molar-refractivity contribution in [1.29, 1.82) is 0 Å². The van der Waals surface area contributed by atoms with Crippen molar-refractivity contribution >= 4 is 22.0 Å². The minimum absolute atomic E-state index is 0.0562. The summed E-state index contributed by atoms with van der Waals surface area (Å²) in [5, 5.41) is 0.923. The topological polar surface area (TPSA) is 46.0 Å². The fraction of sp³-hybridized carbons (Fsp3) is 0.0417. The molecule has 0 unspecified atom stereocenters. The van der Waals surface area contributed by atoms with E-state index < -0.39 is 0 Å². The maximum absolute atomic E-state index is 12.8. The van der Waals surface area contributed by atoms with Crippen molar-refractivity contribution in [2.45, 2.75) is 5.92 Å². The molecule has 2 aromatic heterocycles. The molecule has 3 heteroatoms. The number of hydrogen-bond donors (Lipinski definition) is 1. The minimum Gasteiger partial charge on any atom is -0.458 e. The first kappa shape index (κ1) is 15.6. The fourth-order valence-corrected chi connectivity index (χ4v) is 3.70. The Morgan fingerprint density at radius 1 is 0.741 bits per heavy atom. The lowest BCUT2D eigenvalue weighted by Gasteiger charge is -2.17. The van der Waals surface area contributed by atoms with Crippen LogP contribution in [0.15, 0.2) is 100 Å². The SMILES string of the molecule is O=c1cc(C(c2ccccc2)c2ccccc2)oc2c1[nH]c1ccccc12. The number of aromatic nitrogens is 1. The summed E-state index contributed by atoms with van der Waals surface area (Å²) in [6.45, 7) is 0. The highest BCUT2D eigenvalue weighted by atomic mass is 16.3. The second kappa shape index (κ2) is 6.29. The van der Waals surface area contributed by atoms with Crippen LogP contribution in [-0.2, 0) is 0 Å². The normalized spacial score (nSPS) is 11.4. The molecule has 0 amide bonds. The molecule has 0 saturated heterocycles. The number of H-pyrrole nitrogens is 1. The Morgan fingerprint density at radius 3 is 2.00 bits per heavy atom. The Bertz CT molecular complexity index is 1240. The molecular formula is C24H17NO2. The summed E-state index contributed by atoms with van der Waals surface area (Å²) in [5.41, 5.74) is 4.16. The van der Waals surface area contributed by atoms with E-state index in [0.717, 1.165) is 22.0 Å². The van der Waals surface area contributed by atoms with Crippen molar-refractivity contribution < 1.29 is 4.42 Å². The predicted molar refractivity (Wildman–Crippen MR) is 108 cm³/mol. The molecule has 5 rings (SSSR count). The monoisotopic (exact) mass is 351 g/mol. The average Bonchev–Trinajstić information content (AvgIpc) is 3.10. The molecule has 0 fully saturated rings. The minimum atomic E-state index is -0.141. The van der Waals surface area contributed by atoms with Gasteiger partial charge in [0.25, 0.3) is 0 Å². The molecule has 0 radical (unpaired) electrons. The third kappa shape index (κ3) is 2.64. The summed E-state index contributed by atoms with van der Waals surface area (Å²) in [6.07, 6.45) is 0. The van der Waals surface area contributed by atoms with E-state index in [-0.39, 0.29) is 11.3 Å². The summed E-state index contributed by atoms with van der Waals surface area (Å²) < 4.78 is 6.34. The zero-order valence-corrected chi connectivity index (χ0v) is 14.6. The number of nitrogens with one attached hydrogen (secondary N) is 1. The lowest BCUT2D eigenvalue weighted by molar-refractivity contribution is 0.531. The van der Waals surface area contributed by atoms with Crippen LogP contribution in [-0.4, -0.2) is 4.98 Å². The third-order valence-electron chi connectivity index (χ3n) is 4.95. The second-order valence-electron chi connectivity index (χ2n) is 6.64. The Labute approximate surface area is 155 Å². The number of benzene rings is 3. The Hall–Kier alpha value is -3.59. The van der Waals surface area contributed by atoms with Crippen LogP contribution in [0.25, 0.3) is 22.0 Å². The van der Waals surface area contributed by atoms with Crippen molar-refractivity contribution in [1.82, 2.24) is 4.98 Å². The molecule has 5 aromatic rings. The van der Waals surface area contributed by atoms with Gasteiger partial charge in [0.15, 0.2) is 5.58 Å². The van der Waals surface area contributed by atoms with Crippen LogP contribution in [0.1, 0.15) is 22.8 Å². The molecule has 0 aliphatic heterocycles. The maximum atomic E-state index is 12.8. The van der Waals surface area contributed by atoms with Crippen LogP contribution in [0, 0.1) is 0 Å². The highest BCUT2D eigenvalue weighted by Crippen LogP contribution is 2.34.